The minimum absolute atomic E-state index is 0.0286. The van der Waals surface area contributed by atoms with Gasteiger partial charge >= 0.3 is 11.9 Å². The number of piperidine rings is 1. The van der Waals surface area contributed by atoms with Gasteiger partial charge in [0.2, 0.25) is 0 Å². The highest BCUT2D eigenvalue weighted by Crippen LogP contribution is 2.45. The minimum atomic E-state index is -4.59. The molecule has 7 nitrogen and oxygen atoms in total. The fraction of sp³-hybridized carbons (Fsp3) is 0.545. The Morgan fingerprint density at radius 1 is 1.14 bits per heavy atom. The predicted molar refractivity (Wildman–Crippen MR) is 159 cm³/mol. The number of methoxy groups -OCH3 is 1. The van der Waals surface area contributed by atoms with E-state index in [-0.39, 0.29) is 17.5 Å². The lowest BCUT2D eigenvalue weighted by molar-refractivity contribution is -0.527. The smallest absolute Gasteiger partial charge is 0.378 e. The highest BCUT2D eigenvalue weighted by Gasteiger charge is 2.40. The molecule has 1 saturated heterocycles. The lowest BCUT2D eigenvalue weighted by Crippen LogP contribution is -2.34. The van der Waals surface area contributed by atoms with Crippen molar-refractivity contribution in [3.63, 3.8) is 0 Å². The summed E-state index contributed by atoms with van der Waals surface area (Å²) in [7, 11) is 1.67. The molecular formula is C33H41F3N5O2+. The molecule has 0 bridgehead atoms. The molecule has 2 fully saturated rings. The van der Waals surface area contributed by atoms with Crippen LogP contribution < -0.4 is 5.69 Å². The van der Waals surface area contributed by atoms with Crippen LogP contribution in [0.2, 0.25) is 0 Å². The monoisotopic (exact) mass is 596 g/mol. The van der Waals surface area contributed by atoms with E-state index in [0.29, 0.717) is 42.8 Å². The number of alkyl halides is 3. The van der Waals surface area contributed by atoms with E-state index in [0.717, 1.165) is 44.3 Å². The number of aromatic nitrogens is 2. The summed E-state index contributed by atoms with van der Waals surface area (Å²) in [6, 6.07) is 8.91. The van der Waals surface area contributed by atoms with Gasteiger partial charge in [-0.25, -0.2) is 4.79 Å². The lowest BCUT2D eigenvalue weighted by Gasteiger charge is -2.35. The summed E-state index contributed by atoms with van der Waals surface area (Å²) >= 11 is 0. The Labute approximate surface area is 250 Å². The number of halogens is 3. The van der Waals surface area contributed by atoms with Crippen LogP contribution in [0.15, 0.2) is 64.4 Å². The van der Waals surface area contributed by atoms with E-state index in [4.69, 9.17) is 9.85 Å². The van der Waals surface area contributed by atoms with Crippen molar-refractivity contribution in [3.8, 4) is 5.69 Å². The minimum Gasteiger partial charge on any atom is -0.378 e. The summed E-state index contributed by atoms with van der Waals surface area (Å²) in [4.78, 5) is 15.9. The number of benzene rings is 1. The Hall–Kier alpha value is -3.24. The molecule has 1 unspecified atom stereocenters. The van der Waals surface area contributed by atoms with Gasteiger partial charge in [-0.1, -0.05) is 30.2 Å². The second-order valence-corrected chi connectivity index (χ2v) is 12.7. The SMILES string of the molecule is COCC[N+]1=NC([C@@H](c2cccc(-n3cc4c(C(F)(F)F)cc(CN5CCC[C@H](C)C5)cn4c3=O)c2)C2CCC2)C(C)=C1. The van der Waals surface area contributed by atoms with E-state index < -0.39 is 17.4 Å². The molecule has 3 atom stereocenters. The van der Waals surface area contributed by atoms with Crippen molar-refractivity contribution in [2.24, 2.45) is 17.0 Å². The number of azo groups is 2. The van der Waals surface area contributed by atoms with Crippen LogP contribution >= 0.6 is 0 Å². The number of fused-ring (bicyclic) bond motifs is 1. The van der Waals surface area contributed by atoms with Crippen molar-refractivity contribution >= 4 is 5.52 Å². The molecule has 0 radical (unpaired) electrons. The number of hydrogen-bond donors (Lipinski definition) is 0. The quantitative estimate of drug-likeness (QED) is 0.261. The number of pyridine rings is 1. The van der Waals surface area contributed by atoms with Gasteiger partial charge in [0.15, 0.2) is 12.7 Å². The summed E-state index contributed by atoms with van der Waals surface area (Å²) in [5.41, 5.74) is 1.87. The number of nitrogens with zero attached hydrogens (tertiary/aromatic N) is 5. The number of likely N-dealkylation sites (tertiary alicyclic amines) is 1. The third-order valence-electron chi connectivity index (χ3n) is 9.42. The van der Waals surface area contributed by atoms with Gasteiger partial charge in [0.25, 0.3) is 0 Å². The molecule has 0 N–H and O–H groups in total. The Bertz CT molecular complexity index is 1600. The van der Waals surface area contributed by atoms with Crippen molar-refractivity contribution in [1.29, 1.82) is 0 Å². The van der Waals surface area contributed by atoms with E-state index in [9.17, 15) is 18.0 Å². The van der Waals surface area contributed by atoms with E-state index in [1.54, 1.807) is 19.4 Å². The second kappa shape index (κ2) is 12.0. The standard InChI is InChI=1S/C33H41F3N5O2/c1-22-7-6-12-38(17-22)19-24-15-28(33(34,35)36)29-21-40(32(42)41(29)20-24)27-11-5-10-26(16-27)30(25-8-4-9-25)31-23(2)18-39(37-31)13-14-43-3/h5,10-11,15-16,18,20-22,25,30-31H,4,6-9,12-14,17,19H2,1-3H3/q+1/t22-,30+,31?/m0/s1. The lowest BCUT2D eigenvalue weighted by atomic mass is 9.69. The van der Waals surface area contributed by atoms with Crippen LogP contribution in [0, 0.1) is 11.8 Å². The Kier molecular flexibility index (Phi) is 8.35. The molecule has 4 heterocycles. The van der Waals surface area contributed by atoms with E-state index in [2.05, 4.69) is 31.0 Å². The first kappa shape index (κ1) is 29.8. The molecular weight excluding hydrogens is 555 g/mol. The molecule has 2 aromatic heterocycles. The second-order valence-electron chi connectivity index (χ2n) is 12.7. The van der Waals surface area contributed by atoms with Gasteiger partial charge in [-0.05, 0) is 85.4 Å². The van der Waals surface area contributed by atoms with Crippen molar-refractivity contribution in [3.05, 3.63) is 81.7 Å². The molecule has 0 spiro atoms. The first-order valence-corrected chi connectivity index (χ1v) is 15.4. The molecule has 0 amide bonds. The van der Waals surface area contributed by atoms with Crippen molar-refractivity contribution < 1.29 is 22.6 Å². The number of rotatable bonds is 9. The van der Waals surface area contributed by atoms with Crippen LogP contribution in [0.3, 0.4) is 0 Å². The molecule has 230 valence electrons. The average molecular weight is 597 g/mol. The third kappa shape index (κ3) is 6.09. The third-order valence-corrected chi connectivity index (χ3v) is 9.42. The highest BCUT2D eigenvalue weighted by atomic mass is 19.4. The maximum atomic E-state index is 14.3. The Morgan fingerprint density at radius 2 is 1.95 bits per heavy atom. The molecule has 10 heteroatoms. The topological polar surface area (TPSA) is 54.3 Å². The summed E-state index contributed by atoms with van der Waals surface area (Å²) < 4.78 is 52.7. The fourth-order valence-electron chi connectivity index (χ4n) is 7.08. The van der Waals surface area contributed by atoms with E-state index in [1.807, 2.05) is 16.8 Å². The van der Waals surface area contributed by atoms with Gasteiger partial charge in [-0.15, -0.1) is 0 Å². The van der Waals surface area contributed by atoms with E-state index >= 15 is 0 Å². The van der Waals surface area contributed by atoms with E-state index in [1.165, 1.54) is 33.2 Å². The normalized spacial score (nSPS) is 22.5. The van der Waals surface area contributed by atoms with Crippen LogP contribution in [-0.4, -0.2) is 58.0 Å². The summed E-state index contributed by atoms with van der Waals surface area (Å²) in [5.74, 6) is 1.08. The van der Waals surface area contributed by atoms with Gasteiger partial charge in [0.05, 0.1) is 16.8 Å². The van der Waals surface area contributed by atoms with Gasteiger partial charge in [-0.2, -0.15) is 13.2 Å². The van der Waals surface area contributed by atoms with Gasteiger partial charge < -0.3 is 4.74 Å². The van der Waals surface area contributed by atoms with Gasteiger partial charge in [-0.3, -0.25) is 13.9 Å². The number of hydrogen-bond acceptors (Lipinski definition) is 4. The first-order valence-electron chi connectivity index (χ1n) is 15.4. The van der Waals surface area contributed by atoms with Crippen molar-refractivity contribution in [2.45, 2.75) is 70.6 Å². The van der Waals surface area contributed by atoms with Crippen LogP contribution in [0.5, 0.6) is 0 Å². The maximum Gasteiger partial charge on any atom is 0.418 e. The predicted octanol–water partition coefficient (Wildman–Crippen LogP) is 6.62. The van der Waals surface area contributed by atoms with Crippen molar-refractivity contribution in [2.75, 3.05) is 33.4 Å². The van der Waals surface area contributed by atoms with Crippen LogP contribution in [0.4, 0.5) is 13.2 Å². The largest absolute Gasteiger partial charge is 0.418 e. The summed E-state index contributed by atoms with van der Waals surface area (Å²) in [5, 5.41) is 5.00. The first-order chi connectivity index (χ1) is 20.6. The Balaban J connectivity index is 1.38. The highest BCUT2D eigenvalue weighted by molar-refractivity contribution is 5.58. The van der Waals surface area contributed by atoms with Gasteiger partial charge in [0.1, 0.15) is 12.6 Å². The number of ether oxygens (including phenoxy) is 1. The molecule has 3 aliphatic rings. The maximum absolute atomic E-state index is 14.3. The van der Waals surface area contributed by atoms with Crippen LogP contribution in [-0.2, 0) is 17.5 Å². The van der Waals surface area contributed by atoms with Gasteiger partial charge in [0, 0.05) is 44.1 Å². The zero-order chi connectivity index (χ0) is 30.3. The zero-order valence-corrected chi connectivity index (χ0v) is 25.2. The molecule has 43 heavy (non-hydrogen) atoms. The molecule has 1 aromatic carbocycles. The zero-order valence-electron chi connectivity index (χ0n) is 25.2. The molecule has 2 aliphatic heterocycles. The average Bonchev–Trinajstić information content (AvgIpc) is 3.47. The fourth-order valence-corrected chi connectivity index (χ4v) is 7.08. The molecule has 3 aromatic rings. The van der Waals surface area contributed by atoms with Crippen LogP contribution in [0.1, 0.15) is 68.6 Å². The molecule has 6 rings (SSSR count). The van der Waals surface area contributed by atoms with Crippen LogP contribution in [0.25, 0.3) is 11.2 Å². The molecule has 1 aliphatic carbocycles. The number of imidazole rings is 1. The summed E-state index contributed by atoms with van der Waals surface area (Å²) in [6.45, 7) is 7.60. The Morgan fingerprint density at radius 3 is 2.65 bits per heavy atom. The molecule has 1 saturated carbocycles. The summed E-state index contributed by atoms with van der Waals surface area (Å²) in [6.07, 6.45) is 5.96. The van der Waals surface area contributed by atoms with Crippen molar-refractivity contribution in [1.82, 2.24) is 13.9 Å².